The van der Waals surface area contributed by atoms with Crippen LogP contribution in [0.5, 0.6) is 0 Å². The lowest BCUT2D eigenvalue weighted by Crippen LogP contribution is -2.07. The zero-order valence-electron chi connectivity index (χ0n) is 7.69. The van der Waals surface area contributed by atoms with Crippen molar-refractivity contribution in [3.63, 3.8) is 0 Å². The van der Waals surface area contributed by atoms with Gasteiger partial charge in [-0.2, -0.15) is 0 Å². The summed E-state index contributed by atoms with van der Waals surface area (Å²) in [7, 11) is 0. The summed E-state index contributed by atoms with van der Waals surface area (Å²) in [4.78, 5) is 0. The highest BCUT2D eigenvalue weighted by Crippen LogP contribution is 2.43. The van der Waals surface area contributed by atoms with E-state index in [1.54, 1.807) is 0 Å². The second-order valence-electron chi connectivity index (χ2n) is 3.65. The van der Waals surface area contributed by atoms with Gasteiger partial charge in [-0.3, -0.25) is 0 Å². The summed E-state index contributed by atoms with van der Waals surface area (Å²) in [5.41, 5.74) is 7.72. The Kier molecular flexibility index (Phi) is 2.09. The summed E-state index contributed by atoms with van der Waals surface area (Å²) >= 11 is 0. The van der Waals surface area contributed by atoms with Gasteiger partial charge < -0.3 is 5.73 Å². The molecule has 0 unspecified atom stereocenters. The third-order valence-corrected chi connectivity index (χ3v) is 2.26. The molecule has 12 heavy (non-hydrogen) atoms. The summed E-state index contributed by atoms with van der Waals surface area (Å²) in [6.45, 7) is 5.88. The van der Waals surface area contributed by atoms with E-state index in [4.69, 9.17) is 5.73 Å². The molecule has 0 aliphatic heterocycles. The molecule has 2 heteroatoms. The molecule has 1 nitrogen and oxygen atoms in total. The molecule has 66 valence electrons. The third-order valence-electron chi connectivity index (χ3n) is 2.26. The van der Waals surface area contributed by atoms with Gasteiger partial charge in [-0.25, -0.2) is 4.39 Å². The summed E-state index contributed by atoms with van der Waals surface area (Å²) in [6, 6.07) is 0. The topological polar surface area (TPSA) is 26.0 Å². The van der Waals surface area contributed by atoms with E-state index in [1.165, 1.54) is 6.20 Å². The molecule has 0 fully saturated rings. The summed E-state index contributed by atoms with van der Waals surface area (Å²) in [5, 5.41) is 0. The van der Waals surface area contributed by atoms with Crippen molar-refractivity contribution >= 4 is 0 Å². The van der Waals surface area contributed by atoms with Crippen molar-refractivity contribution in [3.05, 3.63) is 35.3 Å². The maximum atomic E-state index is 12.5. The molecule has 0 spiro atoms. The molecule has 0 heterocycles. The Morgan fingerprint density at radius 2 is 2.08 bits per heavy atom. The van der Waals surface area contributed by atoms with Crippen molar-refractivity contribution in [3.8, 4) is 0 Å². The van der Waals surface area contributed by atoms with E-state index in [2.05, 4.69) is 0 Å². The average molecular weight is 167 g/mol. The maximum Gasteiger partial charge on any atom is 0.0914 e. The fourth-order valence-corrected chi connectivity index (χ4v) is 1.68. The number of halogens is 1. The molecule has 0 radical (unpaired) electrons. The van der Waals surface area contributed by atoms with Gasteiger partial charge in [0.1, 0.15) is 0 Å². The van der Waals surface area contributed by atoms with Crippen LogP contribution in [0.2, 0.25) is 0 Å². The molecule has 0 amide bonds. The van der Waals surface area contributed by atoms with Crippen molar-refractivity contribution in [1.29, 1.82) is 0 Å². The van der Waals surface area contributed by atoms with Gasteiger partial charge in [0, 0.05) is 11.6 Å². The monoisotopic (exact) mass is 167 g/mol. The van der Waals surface area contributed by atoms with Gasteiger partial charge in [-0.15, -0.1) is 0 Å². The first-order valence-corrected chi connectivity index (χ1v) is 3.96. The lowest BCUT2D eigenvalue weighted by molar-refractivity contribution is 0.577. The van der Waals surface area contributed by atoms with E-state index in [0.717, 1.165) is 11.1 Å². The fourth-order valence-electron chi connectivity index (χ4n) is 1.68. The highest BCUT2D eigenvalue weighted by atomic mass is 19.1. The predicted octanol–water partition coefficient (Wildman–Crippen LogP) is 2.67. The van der Waals surface area contributed by atoms with Gasteiger partial charge in [-0.05, 0) is 23.6 Å². The average Bonchev–Trinajstić information content (AvgIpc) is 2.18. The van der Waals surface area contributed by atoms with Crippen molar-refractivity contribution in [2.24, 2.45) is 11.1 Å². The zero-order chi connectivity index (χ0) is 9.35. The van der Waals surface area contributed by atoms with Crippen LogP contribution in [0.3, 0.4) is 0 Å². The van der Waals surface area contributed by atoms with Crippen LogP contribution >= 0.6 is 0 Å². The first-order valence-electron chi connectivity index (χ1n) is 3.96. The van der Waals surface area contributed by atoms with E-state index >= 15 is 0 Å². The Hall–Kier alpha value is -1.05. The molecule has 1 aliphatic carbocycles. The van der Waals surface area contributed by atoms with Gasteiger partial charge >= 0.3 is 0 Å². The first-order chi connectivity index (χ1) is 5.53. The Morgan fingerprint density at radius 3 is 2.42 bits per heavy atom. The van der Waals surface area contributed by atoms with E-state index in [1.807, 2.05) is 26.8 Å². The van der Waals surface area contributed by atoms with Gasteiger partial charge in [-0.1, -0.05) is 19.9 Å². The number of allylic oxidation sites excluding steroid dienone is 4. The molecule has 0 atom stereocenters. The SMILES string of the molecule is CC1=CC(C)(C)C(=C\F)/C1=C/N. The summed E-state index contributed by atoms with van der Waals surface area (Å²) in [5.74, 6) is 0. The Morgan fingerprint density at radius 1 is 1.50 bits per heavy atom. The quantitative estimate of drug-likeness (QED) is 0.589. The van der Waals surface area contributed by atoms with E-state index in [9.17, 15) is 4.39 Å². The highest BCUT2D eigenvalue weighted by Gasteiger charge is 2.30. The summed E-state index contributed by atoms with van der Waals surface area (Å²) in [6.07, 6.45) is 4.13. The molecule has 0 aromatic heterocycles. The van der Waals surface area contributed by atoms with Gasteiger partial charge in [0.05, 0.1) is 6.33 Å². The predicted molar refractivity (Wildman–Crippen MR) is 49.0 cm³/mol. The normalized spacial score (nSPS) is 28.2. The minimum Gasteiger partial charge on any atom is -0.404 e. The molecule has 2 N–H and O–H groups in total. The Labute approximate surface area is 72.5 Å². The Balaban J connectivity index is 3.21. The molecule has 0 bridgehead atoms. The molecule has 0 aromatic rings. The molecule has 0 saturated heterocycles. The van der Waals surface area contributed by atoms with Crippen LogP contribution in [-0.2, 0) is 0 Å². The van der Waals surface area contributed by atoms with Crippen molar-refractivity contribution in [2.45, 2.75) is 20.8 Å². The third kappa shape index (κ3) is 1.17. The van der Waals surface area contributed by atoms with E-state index < -0.39 is 0 Å². The number of nitrogens with two attached hydrogens (primary N) is 1. The molecular weight excluding hydrogens is 153 g/mol. The van der Waals surface area contributed by atoms with Crippen molar-refractivity contribution in [2.75, 3.05) is 0 Å². The lowest BCUT2D eigenvalue weighted by atomic mass is 9.87. The first kappa shape index (κ1) is 9.04. The van der Waals surface area contributed by atoms with Crippen LogP contribution in [-0.4, -0.2) is 0 Å². The number of rotatable bonds is 0. The second kappa shape index (κ2) is 2.77. The minimum atomic E-state index is -0.218. The van der Waals surface area contributed by atoms with Crippen molar-refractivity contribution in [1.82, 2.24) is 0 Å². The van der Waals surface area contributed by atoms with Crippen LogP contribution in [0.15, 0.2) is 35.3 Å². The van der Waals surface area contributed by atoms with Crippen LogP contribution in [0.25, 0.3) is 0 Å². The van der Waals surface area contributed by atoms with E-state index in [-0.39, 0.29) is 5.41 Å². The molecular formula is C10H14FN. The van der Waals surface area contributed by atoms with Crippen LogP contribution in [0.4, 0.5) is 4.39 Å². The van der Waals surface area contributed by atoms with Crippen LogP contribution < -0.4 is 5.73 Å². The standard InChI is InChI=1S/C10H14FN/c1-7-4-10(2,3)9(5-11)8(7)6-12/h4-6H,12H2,1-3H3/b8-6+,9-5-. The largest absolute Gasteiger partial charge is 0.404 e. The number of hydrogen-bond donors (Lipinski definition) is 1. The van der Waals surface area contributed by atoms with Crippen LogP contribution in [0.1, 0.15) is 20.8 Å². The van der Waals surface area contributed by atoms with E-state index in [0.29, 0.717) is 11.9 Å². The van der Waals surface area contributed by atoms with Gasteiger partial charge in [0.15, 0.2) is 0 Å². The van der Waals surface area contributed by atoms with Gasteiger partial charge in [0.2, 0.25) is 0 Å². The fraction of sp³-hybridized carbons (Fsp3) is 0.400. The smallest absolute Gasteiger partial charge is 0.0914 e. The highest BCUT2D eigenvalue weighted by molar-refractivity contribution is 5.55. The second-order valence-corrected chi connectivity index (χ2v) is 3.65. The number of hydrogen-bond acceptors (Lipinski definition) is 1. The van der Waals surface area contributed by atoms with Crippen molar-refractivity contribution < 1.29 is 4.39 Å². The zero-order valence-corrected chi connectivity index (χ0v) is 7.69. The molecule has 1 rings (SSSR count). The molecule has 1 aliphatic rings. The maximum absolute atomic E-state index is 12.5. The Bertz CT molecular complexity index is 282. The van der Waals surface area contributed by atoms with Gasteiger partial charge in [0.25, 0.3) is 0 Å². The van der Waals surface area contributed by atoms with Crippen LogP contribution in [0, 0.1) is 5.41 Å². The minimum absolute atomic E-state index is 0.218. The summed E-state index contributed by atoms with van der Waals surface area (Å²) < 4.78 is 12.5. The lowest BCUT2D eigenvalue weighted by Gasteiger charge is -2.16. The molecule has 0 saturated carbocycles. The molecule has 0 aromatic carbocycles.